The van der Waals surface area contributed by atoms with Gasteiger partial charge in [-0.2, -0.15) is 13.2 Å². The fraction of sp³-hybridized carbons (Fsp3) is 0.304. The molecule has 0 aliphatic heterocycles. The van der Waals surface area contributed by atoms with Crippen molar-refractivity contribution in [1.29, 1.82) is 0 Å². The summed E-state index contributed by atoms with van der Waals surface area (Å²) in [5.74, 6) is 0.107. The normalized spacial score (nSPS) is 11.6. The molecule has 0 fully saturated rings. The van der Waals surface area contributed by atoms with E-state index in [1.807, 2.05) is 13.8 Å². The number of ether oxygens (including phenoxy) is 2. The average molecular weight is 465 g/mol. The number of thiazole rings is 1. The molecule has 0 bridgehead atoms. The second kappa shape index (κ2) is 9.60. The van der Waals surface area contributed by atoms with Gasteiger partial charge in [0.15, 0.2) is 6.61 Å². The third-order valence-corrected chi connectivity index (χ3v) is 5.69. The summed E-state index contributed by atoms with van der Waals surface area (Å²) in [5.41, 5.74) is 1.49. The van der Waals surface area contributed by atoms with E-state index in [-0.39, 0.29) is 12.5 Å². The van der Waals surface area contributed by atoms with E-state index in [9.17, 15) is 18.0 Å². The highest BCUT2D eigenvalue weighted by molar-refractivity contribution is 7.15. The number of carboxylic acids is 1. The molecule has 2 aromatic carbocycles. The molecule has 0 saturated carbocycles. The highest BCUT2D eigenvalue weighted by Gasteiger charge is 2.30. The highest BCUT2D eigenvalue weighted by Crippen LogP contribution is 2.35. The number of aliphatic carboxylic acids is 1. The van der Waals surface area contributed by atoms with Gasteiger partial charge >= 0.3 is 12.1 Å². The largest absolute Gasteiger partial charge is 0.488 e. The third kappa shape index (κ3) is 5.79. The molecule has 1 N–H and O–H groups in total. The number of aromatic nitrogens is 1. The smallest absolute Gasteiger partial charge is 0.416 e. The molecule has 3 rings (SSSR count). The van der Waals surface area contributed by atoms with Crippen molar-refractivity contribution in [2.45, 2.75) is 39.5 Å². The SMILES string of the molecule is Cc1cc(OCc2sc(-c3ccc(C(F)(F)F)cc3)nc2C(C)C)ccc1OCC(=O)O. The number of carboxylic acid groups (broad SMARTS) is 1. The summed E-state index contributed by atoms with van der Waals surface area (Å²) in [6.07, 6.45) is -4.38. The Morgan fingerprint density at radius 1 is 1.12 bits per heavy atom. The molecule has 0 saturated heterocycles. The van der Waals surface area contributed by atoms with Crippen LogP contribution in [0.3, 0.4) is 0 Å². The maximum atomic E-state index is 12.8. The average Bonchev–Trinajstić information content (AvgIpc) is 3.15. The number of aryl methyl sites for hydroxylation is 1. The second-order valence-electron chi connectivity index (χ2n) is 7.46. The zero-order valence-corrected chi connectivity index (χ0v) is 18.5. The molecule has 0 radical (unpaired) electrons. The first-order chi connectivity index (χ1) is 15.0. The Morgan fingerprint density at radius 3 is 2.38 bits per heavy atom. The molecule has 1 aromatic heterocycles. The maximum Gasteiger partial charge on any atom is 0.416 e. The summed E-state index contributed by atoms with van der Waals surface area (Å²) in [7, 11) is 0. The van der Waals surface area contributed by atoms with Crippen LogP contribution in [0.1, 0.15) is 41.5 Å². The van der Waals surface area contributed by atoms with Gasteiger partial charge in [-0.25, -0.2) is 9.78 Å². The van der Waals surface area contributed by atoms with E-state index in [4.69, 9.17) is 14.6 Å². The summed E-state index contributed by atoms with van der Waals surface area (Å²) in [6.45, 7) is 5.60. The van der Waals surface area contributed by atoms with Crippen LogP contribution in [-0.2, 0) is 17.6 Å². The van der Waals surface area contributed by atoms with E-state index in [0.717, 1.165) is 28.3 Å². The van der Waals surface area contributed by atoms with Crippen molar-refractivity contribution in [3.63, 3.8) is 0 Å². The number of benzene rings is 2. The number of nitrogens with zero attached hydrogens (tertiary/aromatic N) is 1. The summed E-state index contributed by atoms with van der Waals surface area (Å²) in [5, 5.41) is 9.36. The predicted octanol–water partition coefficient (Wildman–Crippen LogP) is 6.30. The van der Waals surface area contributed by atoms with Gasteiger partial charge in [-0.3, -0.25) is 0 Å². The number of hydrogen-bond donors (Lipinski definition) is 1. The molecule has 0 amide bonds. The highest BCUT2D eigenvalue weighted by atomic mass is 32.1. The van der Waals surface area contributed by atoms with Crippen LogP contribution in [0.15, 0.2) is 42.5 Å². The van der Waals surface area contributed by atoms with Gasteiger partial charge in [0, 0.05) is 5.56 Å². The standard InChI is InChI=1S/C23H22F3NO4S/c1-13(2)21-19(11-30-17-8-9-18(14(3)10-17)31-12-20(28)29)32-22(27-21)15-4-6-16(7-5-15)23(24,25)26/h4-10,13H,11-12H2,1-3H3,(H,28,29). The number of halogens is 3. The van der Waals surface area contributed by atoms with Gasteiger partial charge in [-0.1, -0.05) is 26.0 Å². The molecule has 0 aliphatic rings. The molecule has 32 heavy (non-hydrogen) atoms. The monoisotopic (exact) mass is 465 g/mol. The number of carbonyl (C=O) groups is 1. The zero-order chi connectivity index (χ0) is 23.5. The Morgan fingerprint density at radius 2 is 1.81 bits per heavy atom. The van der Waals surface area contributed by atoms with Crippen molar-refractivity contribution in [3.8, 4) is 22.1 Å². The minimum absolute atomic E-state index is 0.113. The molecule has 170 valence electrons. The van der Waals surface area contributed by atoms with Gasteiger partial charge in [0.1, 0.15) is 23.1 Å². The molecule has 0 unspecified atom stereocenters. The number of alkyl halides is 3. The van der Waals surface area contributed by atoms with Crippen molar-refractivity contribution in [2.24, 2.45) is 0 Å². The van der Waals surface area contributed by atoms with Crippen LogP contribution in [0.25, 0.3) is 10.6 Å². The van der Waals surface area contributed by atoms with Crippen LogP contribution in [-0.4, -0.2) is 22.7 Å². The Bertz CT molecular complexity index is 1090. The van der Waals surface area contributed by atoms with Crippen molar-refractivity contribution in [2.75, 3.05) is 6.61 Å². The number of hydrogen-bond acceptors (Lipinski definition) is 5. The topological polar surface area (TPSA) is 68.7 Å². The Kier molecular flexibility index (Phi) is 7.08. The quantitative estimate of drug-likeness (QED) is 0.423. The molecule has 5 nitrogen and oxygen atoms in total. The molecule has 0 aliphatic carbocycles. The second-order valence-corrected chi connectivity index (χ2v) is 8.54. The lowest BCUT2D eigenvalue weighted by atomic mass is 10.1. The summed E-state index contributed by atoms with van der Waals surface area (Å²) in [6, 6.07) is 10.1. The van der Waals surface area contributed by atoms with Crippen LogP contribution in [0.4, 0.5) is 13.2 Å². The van der Waals surface area contributed by atoms with E-state index >= 15 is 0 Å². The minimum atomic E-state index is -4.38. The Hall–Kier alpha value is -3.07. The lowest BCUT2D eigenvalue weighted by Gasteiger charge is -2.11. The van der Waals surface area contributed by atoms with Gasteiger partial charge in [-0.15, -0.1) is 11.3 Å². The van der Waals surface area contributed by atoms with E-state index in [0.29, 0.717) is 22.1 Å². The van der Waals surface area contributed by atoms with E-state index in [1.165, 1.54) is 23.5 Å². The Labute approximate surface area is 187 Å². The van der Waals surface area contributed by atoms with Crippen molar-refractivity contribution >= 4 is 17.3 Å². The van der Waals surface area contributed by atoms with E-state index in [2.05, 4.69) is 4.98 Å². The number of rotatable bonds is 8. The van der Waals surface area contributed by atoms with E-state index in [1.54, 1.807) is 25.1 Å². The fourth-order valence-electron chi connectivity index (χ4n) is 3.01. The molecular weight excluding hydrogens is 443 g/mol. The molecule has 0 atom stereocenters. The summed E-state index contributed by atoms with van der Waals surface area (Å²) >= 11 is 1.38. The molecule has 9 heteroatoms. The van der Waals surface area contributed by atoms with Gasteiger partial charge in [-0.05, 0) is 48.7 Å². The first kappa shape index (κ1) is 23.6. The summed E-state index contributed by atoms with van der Waals surface area (Å²) < 4.78 is 49.6. The molecule has 3 aromatic rings. The first-order valence-corrected chi connectivity index (χ1v) is 10.6. The zero-order valence-electron chi connectivity index (χ0n) is 17.7. The van der Waals surface area contributed by atoms with Crippen LogP contribution in [0, 0.1) is 6.92 Å². The van der Waals surface area contributed by atoms with Crippen LogP contribution in [0.5, 0.6) is 11.5 Å². The van der Waals surface area contributed by atoms with E-state index < -0.39 is 24.3 Å². The minimum Gasteiger partial charge on any atom is -0.488 e. The molecule has 0 spiro atoms. The van der Waals surface area contributed by atoms with Gasteiger partial charge in [0.2, 0.25) is 0 Å². The third-order valence-electron chi connectivity index (χ3n) is 4.60. The lowest BCUT2D eigenvalue weighted by Crippen LogP contribution is -2.10. The van der Waals surface area contributed by atoms with Crippen molar-refractivity contribution in [3.05, 3.63) is 64.2 Å². The van der Waals surface area contributed by atoms with Crippen LogP contribution < -0.4 is 9.47 Å². The maximum absolute atomic E-state index is 12.8. The Balaban J connectivity index is 1.76. The van der Waals surface area contributed by atoms with Crippen molar-refractivity contribution in [1.82, 2.24) is 4.98 Å². The predicted molar refractivity (Wildman–Crippen MR) is 115 cm³/mol. The van der Waals surface area contributed by atoms with Gasteiger partial charge in [0.05, 0.1) is 16.1 Å². The van der Waals surface area contributed by atoms with Crippen molar-refractivity contribution < 1.29 is 32.5 Å². The fourth-order valence-corrected chi connectivity index (χ4v) is 4.14. The summed E-state index contributed by atoms with van der Waals surface area (Å²) in [4.78, 5) is 16.2. The molecular formula is C23H22F3NO4S. The van der Waals surface area contributed by atoms with Crippen LogP contribution in [0.2, 0.25) is 0 Å². The van der Waals surface area contributed by atoms with Crippen LogP contribution >= 0.6 is 11.3 Å². The van der Waals surface area contributed by atoms with Gasteiger partial charge < -0.3 is 14.6 Å². The first-order valence-electron chi connectivity index (χ1n) is 9.80. The van der Waals surface area contributed by atoms with Gasteiger partial charge in [0.25, 0.3) is 0 Å². The lowest BCUT2D eigenvalue weighted by molar-refractivity contribution is -0.139. The molecule has 1 heterocycles.